The lowest BCUT2D eigenvalue weighted by Crippen LogP contribution is -2.31. The zero-order valence-electron chi connectivity index (χ0n) is 8.74. The molecule has 1 aromatic rings. The number of nitrogens with zero attached hydrogens (tertiary/aromatic N) is 2. The summed E-state index contributed by atoms with van der Waals surface area (Å²) in [6.07, 6.45) is 1.66. The first-order chi connectivity index (χ1) is 7.29. The molecule has 0 bridgehead atoms. The Hall–Kier alpha value is -1.53. The van der Waals surface area contributed by atoms with E-state index in [4.69, 9.17) is 11.0 Å². The van der Waals surface area contributed by atoms with Crippen LogP contribution in [0.2, 0.25) is 0 Å². The summed E-state index contributed by atoms with van der Waals surface area (Å²) in [4.78, 5) is 2.32. The molecule has 0 fully saturated rings. The molecule has 1 heterocycles. The Morgan fingerprint density at radius 3 is 3.07 bits per heavy atom. The van der Waals surface area contributed by atoms with Crippen LogP contribution in [0.3, 0.4) is 0 Å². The summed E-state index contributed by atoms with van der Waals surface area (Å²) >= 11 is 0. The van der Waals surface area contributed by atoms with Crippen molar-refractivity contribution in [1.29, 1.82) is 5.26 Å². The van der Waals surface area contributed by atoms with E-state index in [1.54, 1.807) is 0 Å². The minimum Gasteiger partial charge on any atom is -0.399 e. The van der Waals surface area contributed by atoms with Crippen LogP contribution in [0.25, 0.3) is 0 Å². The lowest BCUT2D eigenvalue weighted by atomic mass is 9.99. The Bertz CT molecular complexity index is 392. The lowest BCUT2D eigenvalue weighted by molar-refractivity contribution is 0.260. The van der Waals surface area contributed by atoms with E-state index in [2.05, 4.69) is 23.1 Å². The fourth-order valence-electron chi connectivity index (χ4n) is 2.03. The largest absolute Gasteiger partial charge is 0.399 e. The molecule has 0 unspecified atom stereocenters. The minimum atomic E-state index is 0.615. The molecule has 0 aromatic heterocycles. The Morgan fingerprint density at radius 2 is 2.27 bits per heavy atom. The van der Waals surface area contributed by atoms with Crippen molar-refractivity contribution in [2.45, 2.75) is 19.4 Å². The first-order valence-corrected chi connectivity index (χ1v) is 5.26. The van der Waals surface area contributed by atoms with Crippen molar-refractivity contribution in [1.82, 2.24) is 4.90 Å². The van der Waals surface area contributed by atoms with E-state index < -0.39 is 0 Å². The van der Waals surface area contributed by atoms with E-state index in [9.17, 15) is 0 Å². The van der Waals surface area contributed by atoms with Crippen LogP contribution in [0.4, 0.5) is 5.69 Å². The number of anilines is 1. The zero-order chi connectivity index (χ0) is 10.7. The topological polar surface area (TPSA) is 53.0 Å². The van der Waals surface area contributed by atoms with Gasteiger partial charge in [0.2, 0.25) is 0 Å². The fourth-order valence-corrected chi connectivity index (χ4v) is 2.03. The predicted octanol–water partition coefficient (Wildman–Crippen LogP) is 1.54. The van der Waals surface area contributed by atoms with Gasteiger partial charge >= 0.3 is 0 Å². The monoisotopic (exact) mass is 201 g/mol. The quantitative estimate of drug-likeness (QED) is 0.738. The van der Waals surface area contributed by atoms with Gasteiger partial charge < -0.3 is 5.73 Å². The summed E-state index contributed by atoms with van der Waals surface area (Å²) in [5.74, 6) is 0. The smallest absolute Gasteiger partial charge is 0.0635 e. The van der Waals surface area contributed by atoms with Gasteiger partial charge in [0.25, 0.3) is 0 Å². The molecule has 0 saturated heterocycles. The molecule has 78 valence electrons. The lowest BCUT2D eigenvalue weighted by Gasteiger charge is -2.28. The molecule has 1 aliphatic heterocycles. The number of nitrogens with two attached hydrogens (primary N) is 1. The van der Waals surface area contributed by atoms with E-state index in [0.29, 0.717) is 6.42 Å². The van der Waals surface area contributed by atoms with Crippen LogP contribution in [0.15, 0.2) is 18.2 Å². The summed E-state index contributed by atoms with van der Waals surface area (Å²) < 4.78 is 0. The van der Waals surface area contributed by atoms with Crippen LogP contribution in [-0.4, -0.2) is 18.0 Å². The second-order valence-electron chi connectivity index (χ2n) is 3.96. The summed E-state index contributed by atoms with van der Waals surface area (Å²) in [5, 5.41) is 8.54. The van der Waals surface area contributed by atoms with E-state index in [1.807, 2.05) is 6.07 Å². The fraction of sp³-hybridized carbons (Fsp3) is 0.417. The summed E-state index contributed by atoms with van der Waals surface area (Å²) in [7, 11) is 0. The maximum absolute atomic E-state index is 8.54. The number of hydrogen-bond acceptors (Lipinski definition) is 3. The molecule has 0 saturated carbocycles. The molecule has 1 aromatic carbocycles. The number of benzene rings is 1. The maximum Gasteiger partial charge on any atom is 0.0635 e. The SMILES string of the molecule is N#CCCN1CCc2cc(N)ccc2C1. The van der Waals surface area contributed by atoms with Gasteiger partial charge in [0.1, 0.15) is 0 Å². The highest BCUT2D eigenvalue weighted by molar-refractivity contribution is 5.45. The van der Waals surface area contributed by atoms with Gasteiger partial charge in [-0.15, -0.1) is 0 Å². The molecule has 0 spiro atoms. The van der Waals surface area contributed by atoms with Crippen molar-refractivity contribution in [2.75, 3.05) is 18.8 Å². The van der Waals surface area contributed by atoms with E-state index >= 15 is 0 Å². The summed E-state index contributed by atoms with van der Waals surface area (Å²) in [6, 6.07) is 8.30. The van der Waals surface area contributed by atoms with Crippen LogP contribution < -0.4 is 5.73 Å². The predicted molar refractivity (Wildman–Crippen MR) is 60.1 cm³/mol. The third kappa shape index (κ3) is 2.28. The molecule has 2 N–H and O–H groups in total. The molecule has 1 aliphatic rings. The van der Waals surface area contributed by atoms with Crippen molar-refractivity contribution in [2.24, 2.45) is 0 Å². The van der Waals surface area contributed by atoms with Gasteiger partial charge in [-0.1, -0.05) is 6.07 Å². The van der Waals surface area contributed by atoms with Crippen LogP contribution >= 0.6 is 0 Å². The first kappa shape index (κ1) is 10.0. The summed E-state index contributed by atoms with van der Waals surface area (Å²) in [5.41, 5.74) is 9.31. The Morgan fingerprint density at radius 1 is 1.40 bits per heavy atom. The first-order valence-electron chi connectivity index (χ1n) is 5.26. The van der Waals surface area contributed by atoms with Gasteiger partial charge in [-0.05, 0) is 29.7 Å². The molecule has 3 heteroatoms. The molecular weight excluding hydrogens is 186 g/mol. The van der Waals surface area contributed by atoms with Crippen molar-refractivity contribution in [3.05, 3.63) is 29.3 Å². The second kappa shape index (κ2) is 4.33. The van der Waals surface area contributed by atoms with Crippen LogP contribution in [0.5, 0.6) is 0 Å². The number of hydrogen-bond donors (Lipinski definition) is 1. The highest BCUT2D eigenvalue weighted by Crippen LogP contribution is 2.21. The molecule has 0 aliphatic carbocycles. The standard InChI is InChI=1S/C12H15N3/c13-5-1-6-15-7-4-10-8-12(14)3-2-11(10)9-15/h2-3,8H,1,4,6-7,9,14H2. The molecule has 0 radical (unpaired) electrons. The van der Waals surface area contributed by atoms with Gasteiger partial charge in [-0.3, -0.25) is 4.90 Å². The highest BCUT2D eigenvalue weighted by Gasteiger charge is 2.15. The molecule has 2 rings (SSSR count). The molecule has 3 nitrogen and oxygen atoms in total. The zero-order valence-corrected chi connectivity index (χ0v) is 8.74. The minimum absolute atomic E-state index is 0.615. The van der Waals surface area contributed by atoms with Crippen molar-refractivity contribution >= 4 is 5.69 Å². The normalized spacial score (nSPS) is 15.7. The van der Waals surface area contributed by atoms with Gasteiger partial charge in [0.05, 0.1) is 6.07 Å². The van der Waals surface area contributed by atoms with Gasteiger partial charge in [0.15, 0.2) is 0 Å². The van der Waals surface area contributed by atoms with Crippen molar-refractivity contribution in [3.63, 3.8) is 0 Å². The van der Waals surface area contributed by atoms with E-state index in [0.717, 1.165) is 31.7 Å². The van der Waals surface area contributed by atoms with Crippen LogP contribution in [0, 0.1) is 11.3 Å². The highest BCUT2D eigenvalue weighted by atomic mass is 15.1. The Labute approximate surface area is 90.1 Å². The molecule has 15 heavy (non-hydrogen) atoms. The summed E-state index contributed by atoms with van der Waals surface area (Å²) in [6.45, 7) is 2.87. The molecular formula is C12H15N3. The van der Waals surface area contributed by atoms with E-state index in [-0.39, 0.29) is 0 Å². The van der Waals surface area contributed by atoms with Crippen LogP contribution in [0.1, 0.15) is 17.5 Å². The third-order valence-corrected chi connectivity index (χ3v) is 2.86. The average Bonchev–Trinajstić information content (AvgIpc) is 2.26. The number of nitrogen functional groups attached to an aromatic ring is 1. The average molecular weight is 201 g/mol. The van der Waals surface area contributed by atoms with Crippen LogP contribution in [-0.2, 0) is 13.0 Å². The van der Waals surface area contributed by atoms with Crippen molar-refractivity contribution in [3.8, 4) is 6.07 Å². The number of nitriles is 1. The number of fused-ring (bicyclic) bond motifs is 1. The van der Waals surface area contributed by atoms with Gasteiger partial charge in [-0.2, -0.15) is 5.26 Å². The molecule has 0 atom stereocenters. The maximum atomic E-state index is 8.54. The molecule has 0 amide bonds. The van der Waals surface area contributed by atoms with Crippen molar-refractivity contribution < 1.29 is 0 Å². The Balaban J connectivity index is 2.07. The third-order valence-electron chi connectivity index (χ3n) is 2.86. The second-order valence-corrected chi connectivity index (χ2v) is 3.96. The van der Waals surface area contributed by atoms with Gasteiger partial charge in [0, 0.05) is 31.7 Å². The Kier molecular flexibility index (Phi) is 2.89. The van der Waals surface area contributed by atoms with Gasteiger partial charge in [-0.25, -0.2) is 0 Å². The number of rotatable bonds is 2. The van der Waals surface area contributed by atoms with E-state index in [1.165, 1.54) is 11.1 Å².